The van der Waals surface area contributed by atoms with Gasteiger partial charge in [-0.1, -0.05) is 138 Å². The predicted octanol–water partition coefficient (Wildman–Crippen LogP) is 10.6. The Morgan fingerprint density at radius 3 is 2.08 bits per heavy atom. The summed E-state index contributed by atoms with van der Waals surface area (Å²) in [7, 11) is -2.13. The summed E-state index contributed by atoms with van der Waals surface area (Å²) in [6.07, 6.45) is 3.37. The predicted molar refractivity (Wildman–Crippen MR) is 164 cm³/mol. The van der Waals surface area contributed by atoms with E-state index in [2.05, 4.69) is 118 Å². The van der Waals surface area contributed by atoms with Gasteiger partial charge >= 0.3 is 0 Å². The van der Waals surface area contributed by atoms with Crippen molar-refractivity contribution in [2.75, 3.05) is 0 Å². The third kappa shape index (κ3) is 3.87. The molecular formula is C34H30Cl2Si. The van der Waals surface area contributed by atoms with Crippen LogP contribution in [0.1, 0.15) is 41.6 Å². The molecule has 2 aliphatic carbocycles. The van der Waals surface area contributed by atoms with Gasteiger partial charge < -0.3 is 0 Å². The standard InChI is InChI=1S/C34H30Cl2Si/c1-21-18-25-16-11-17-27(23-12-7-5-8-13-23)29(25)33(21)37(3,4)34-22(2)19-26-20-28(35)32(36)30(31(26)34)24-14-9-6-10-15-24/h5-17,19-20,34H,18H2,1-4H3. The van der Waals surface area contributed by atoms with E-state index in [9.17, 15) is 0 Å². The van der Waals surface area contributed by atoms with Crippen LogP contribution in [-0.2, 0) is 6.42 Å². The van der Waals surface area contributed by atoms with Gasteiger partial charge in [-0.3, -0.25) is 0 Å². The summed E-state index contributed by atoms with van der Waals surface area (Å²) in [5, 5.41) is 2.88. The summed E-state index contributed by atoms with van der Waals surface area (Å²) in [6, 6.07) is 30.3. The van der Waals surface area contributed by atoms with Crippen molar-refractivity contribution in [3.8, 4) is 22.3 Å². The molecule has 0 aliphatic heterocycles. The van der Waals surface area contributed by atoms with Crippen LogP contribution in [0.4, 0.5) is 0 Å². The lowest BCUT2D eigenvalue weighted by molar-refractivity contribution is 1.08. The lowest BCUT2D eigenvalue weighted by atomic mass is 9.95. The first-order valence-electron chi connectivity index (χ1n) is 12.9. The molecule has 0 aromatic heterocycles. The monoisotopic (exact) mass is 536 g/mol. The maximum absolute atomic E-state index is 7.00. The fourth-order valence-electron chi connectivity index (χ4n) is 6.97. The Balaban J connectivity index is 1.58. The molecule has 184 valence electrons. The van der Waals surface area contributed by atoms with Gasteiger partial charge in [-0.15, -0.1) is 0 Å². The normalized spacial score (nSPS) is 16.6. The molecule has 0 saturated heterocycles. The Morgan fingerprint density at radius 2 is 1.41 bits per heavy atom. The Bertz CT molecular complexity index is 1590. The highest BCUT2D eigenvalue weighted by molar-refractivity contribution is 6.96. The van der Waals surface area contributed by atoms with E-state index in [-0.39, 0.29) is 0 Å². The van der Waals surface area contributed by atoms with Crippen molar-refractivity contribution >= 4 is 42.5 Å². The summed E-state index contributed by atoms with van der Waals surface area (Å²) >= 11 is 13.7. The summed E-state index contributed by atoms with van der Waals surface area (Å²) in [5.74, 6) is 0. The Hall–Kier alpha value is -2.84. The first kappa shape index (κ1) is 24.5. The second kappa shape index (κ2) is 9.17. The SMILES string of the molecule is CC1=Cc2cc(Cl)c(Cl)c(-c3ccccc3)c2C1[Si](C)(C)C1=C(C)Cc2cccc(-c3ccccc3)c21. The van der Waals surface area contributed by atoms with E-state index in [1.54, 1.807) is 5.20 Å². The van der Waals surface area contributed by atoms with E-state index in [0.717, 1.165) is 17.5 Å². The summed E-state index contributed by atoms with van der Waals surface area (Å²) in [5.41, 5.74) is 13.6. The third-order valence-corrected chi connectivity index (χ3v) is 13.2. The molecule has 3 heteroatoms. The van der Waals surface area contributed by atoms with Gasteiger partial charge in [0, 0.05) is 11.1 Å². The fourth-order valence-corrected chi connectivity index (χ4v) is 12.1. The highest BCUT2D eigenvalue weighted by atomic mass is 35.5. The van der Waals surface area contributed by atoms with E-state index < -0.39 is 8.07 Å². The molecule has 0 nitrogen and oxygen atoms in total. The number of hydrogen-bond acceptors (Lipinski definition) is 0. The molecule has 2 aliphatic rings. The molecule has 1 unspecified atom stereocenters. The quantitative estimate of drug-likeness (QED) is 0.227. The molecule has 0 radical (unpaired) electrons. The van der Waals surface area contributed by atoms with Crippen LogP contribution in [-0.4, -0.2) is 8.07 Å². The largest absolute Gasteiger partial charge is 0.0931 e. The molecule has 0 heterocycles. The minimum atomic E-state index is -2.13. The number of halogens is 2. The van der Waals surface area contributed by atoms with Crippen LogP contribution in [0.5, 0.6) is 0 Å². The first-order chi connectivity index (χ1) is 17.8. The van der Waals surface area contributed by atoms with E-state index in [1.165, 1.54) is 44.5 Å². The maximum atomic E-state index is 7.00. The van der Waals surface area contributed by atoms with Gasteiger partial charge in [-0.25, -0.2) is 0 Å². The molecular weight excluding hydrogens is 507 g/mol. The number of hydrogen-bond donors (Lipinski definition) is 0. The molecule has 0 N–H and O–H groups in total. The molecule has 0 spiro atoms. The van der Waals surface area contributed by atoms with Crippen LogP contribution in [0.15, 0.2) is 96.1 Å². The van der Waals surface area contributed by atoms with Crippen LogP contribution in [0.3, 0.4) is 0 Å². The topological polar surface area (TPSA) is 0 Å². The summed E-state index contributed by atoms with van der Waals surface area (Å²) in [4.78, 5) is 0. The number of allylic oxidation sites excluding steroid dienone is 2. The van der Waals surface area contributed by atoms with E-state index in [1.807, 2.05) is 0 Å². The fraction of sp³-hybridized carbons (Fsp3) is 0.176. The Labute approximate surface area is 231 Å². The highest BCUT2D eigenvalue weighted by Gasteiger charge is 2.46. The van der Waals surface area contributed by atoms with Gasteiger partial charge in [-0.05, 0) is 65.3 Å². The second-order valence-corrected chi connectivity index (χ2v) is 16.3. The number of fused-ring (bicyclic) bond motifs is 2. The van der Waals surface area contributed by atoms with Crippen LogP contribution in [0.25, 0.3) is 33.5 Å². The average molecular weight is 538 g/mol. The minimum absolute atomic E-state index is 0.312. The zero-order valence-corrected chi connectivity index (χ0v) is 24.2. The molecule has 0 saturated carbocycles. The van der Waals surface area contributed by atoms with E-state index in [4.69, 9.17) is 23.2 Å². The van der Waals surface area contributed by atoms with Crippen molar-refractivity contribution in [3.05, 3.63) is 128 Å². The lowest BCUT2D eigenvalue weighted by Crippen LogP contribution is -2.37. The molecule has 4 aromatic rings. The average Bonchev–Trinajstić information content (AvgIpc) is 3.41. The molecule has 0 bridgehead atoms. The van der Waals surface area contributed by atoms with Gasteiger partial charge in [0.1, 0.15) is 0 Å². The molecule has 0 fully saturated rings. The summed E-state index contributed by atoms with van der Waals surface area (Å²) in [6.45, 7) is 9.75. The number of rotatable bonds is 4. The Morgan fingerprint density at radius 1 is 0.757 bits per heavy atom. The van der Waals surface area contributed by atoms with Crippen LogP contribution in [0, 0.1) is 0 Å². The van der Waals surface area contributed by atoms with Crippen molar-refractivity contribution in [3.63, 3.8) is 0 Å². The van der Waals surface area contributed by atoms with Crippen molar-refractivity contribution in [2.45, 2.75) is 38.9 Å². The Kier molecular flexibility index (Phi) is 6.07. The molecule has 1 atom stereocenters. The molecule has 6 rings (SSSR count). The zero-order chi connectivity index (χ0) is 25.9. The minimum Gasteiger partial charge on any atom is -0.0827 e. The zero-order valence-electron chi connectivity index (χ0n) is 21.7. The van der Waals surface area contributed by atoms with Gasteiger partial charge in [-0.2, -0.15) is 0 Å². The van der Waals surface area contributed by atoms with Gasteiger partial charge in [0.2, 0.25) is 0 Å². The van der Waals surface area contributed by atoms with Crippen LogP contribution in [0.2, 0.25) is 23.1 Å². The van der Waals surface area contributed by atoms with Gasteiger partial charge in [0.15, 0.2) is 0 Å². The highest BCUT2D eigenvalue weighted by Crippen LogP contribution is 2.55. The van der Waals surface area contributed by atoms with Crippen molar-refractivity contribution in [1.29, 1.82) is 0 Å². The van der Waals surface area contributed by atoms with Crippen molar-refractivity contribution in [2.24, 2.45) is 0 Å². The number of benzene rings is 4. The first-order valence-corrected chi connectivity index (χ1v) is 16.8. The molecule has 0 amide bonds. The van der Waals surface area contributed by atoms with Crippen LogP contribution >= 0.6 is 23.2 Å². The van der Waals surface area contributed by atoms with E-state index in [0.29, 0.717) is 15.6 Å². The van der Waals surface area contributed by atoms with Crippen molar-refractivity contribution in [1.82, 2.24) is 0 Å². The second-order valence-electron chi connectivity index (χ2n) is 11.0. The smallest absolute Gasteiger partial charge is 0.0827 e. The third-order valence-electron chi connectivity index (χ3n) is 8.22. The molecule has 37 heavy (non-hydrogen) atoms. The van der Waals surface area contributed by atoms with Gasteiger partial charge in [0.25, 0.3) is 0 Å². The summed E-state index contributed by atoms with van der Waals surface area (Å²) < 4.78 is 0. The van der Waals surface area contributed by atoms with Crippen LogP contribution < -0.4 is 0 Å². The van der Waals surface area contributed by atoms with Crippen molar-refractivity contribution < 1.29 is 0 Å². The lowest BCUT2D eigenvalue weighted by Gasteiger charge is -2.36. The van der Waals surface area contributed by atoms with E-state index >= 15 is 0 Å². The molecule has 4 aromatic carbocycles. The maximum Gasteiger partial charge on any atom is 0.0931 e. The van der Waals surface area contributed by atoms with Gasteiger partial charge in [0.05, 0.1) is 18.1 Å².